The molecule has 0 fully saturated rings. The van der Waals surface area contributed by atoms with Crippen molar-refractivity contribution in [3.8, 4) is 6.07 Å². The molecule has 0 saturated carbocycles. The molecule has 1 atom stereocenters. The summed E-state index contributed by atoms with van der Waals surface area (Å²) in [7, 11) is 0. The van der Waals surface area contributed by atoms with Crippen LogP contribution in [0.15, 0.2) is 35.4 Å². The second-order valence-electron chi connectivity index (χ2n) is 6.53. The van der Waals surface area contributed by atoms with Crippen LogP contribution in [-0.4, -0.2) is 29.2 Å². The lowest BCUT2D eigenvalue weighted by Crippen LogP contribution is -2.29. The minimum Gasteiger partial charge on any atom is -0.462 e. The molecule has 0 aliphatic rings. The van der Waals surface area contributed by atoms with Crippen LogP contribution in [-0.2, 0) is 9.53 Å². The molecule has 2 rings (SSSR count). The summed E-state index contributed by atoms with van der Waals surface area (Å²) in [5.74, 6) is -0.519. The number of aryl methyl sites for hydroxylation is 2. The standard InChI is InChI=1S/C22H25N3O3S/c1-5-19(16-9-7-14(3)8-10-16)25-20(26)13-29-21-17(12-23)11-18(15(4)24-21)22(27)28-6-2/h7-11,19H,5-6,13H2,1-4H3,(H,25,26)/t19-/m1/s1. The van der Waals surface area contributed by atoms with Crippen LogP contribution < -0.4 is 5.32 Å². The largest absolute Gasteiger partial charge is 0.462 e. The number of benzene rings is 1. The third-order valence-electron chi connectivity index (χ3n) is 4.36. The Labute approximate surface area is 175 Å². The number of hydrogen-bond acceptors (Lipinski definition) is 6. The lowest BCUT2D eigenvalue weighted by molar-refractivity contribution is -0.119. The van der Waals surface area contributed by atoms with Crippen molar-refractivity contribution in [2.75, 3.05) is 12.4 Å². The summed E-state index contributed by atoms with van der Waals surface area (Å²) in [5, 5.41) is 12.9. The highest BCUT2D eigenvalue weighted by Crippen LogP contribution is 2.24. The predicted octanol–water partition coefficient (Wildman–Crippen LogP) is 4.11. The van der Waals surface area contributed by atoms with Gasteiger partial charge in [-0.1, -0.05) is 48.5 Å². The molecular weight excluding hydrogens is 386 g/mol. The number of ether oxygens (including phenoxy) is 1. The molecular formula is C22H25N3O3S. The first kappa shape index (κ1) is 22.4. The molecule has 1 aromatic carbocycles. The van der Waals surface area contributed by atoms with Gasteiger partial charge in [0, 0.05) is 0 Å². The summed E-state index contributed by atoms with van der Waals surface area (Å²) in [6.07, 6.45) is 0.772. The Morgan fingerprint density at radius 2 is 1.93 bits per heavy atom. The van der Waals surface area contributed by atoms with Gasteiger partial charge < -0.3 is 10.1 Å². The Hall–Kier alpha value is -2.85. The molecule has 29 heavy (non-hydrogen) atoms. The smallest absolute Gasteiger partial charge is 0.340 e. The van der Waals surface area contributed by atoms with Crippen LogP contribution in [0, 0.1) is 25.2 Å². The SMILES string of the molecule is CCOC(=O)c1cc(C#N)c(SCC(=O)N[C@H](CC)c2ccc(C)cc2)nc1C. The van der Waals surface area contributed by atoms with Gasteiger partial charge in [0.25, 0.3) is 0 Å². The van der Waals surface area contributed by atoms with Crippen LogP contribution in [0.25, 0.3) is 0 Å². The Morgan fingerprint density at radius 1 is 1.24 bits per heavy atom. The normalized spacial score (nSPS) is 11.4. The molecule has 0 unspecified atom stereocenters. The second-order valence-corrected chi connectivity index (χ2v) is 7.50. The number of pyridine rings is 1. The molecule has 152 valence electrons. The number of nitrogens with one attached hydrogen (secondary N) is 1. The fraction of sp³-hybridized carbons (Fsp3) is 0.364. The van der Waals surface area contributed by atoms with E-state index in [1.807, 2.05) is 44.2 Å². The number of carbonyl (C=O) groups is 2. The molecule has 6 nitrogen and oxygen atoms in total. The van der Waals surface area contributed by atoms with Gasteiger partial charge in [-0.2, -0.15) is 5.26 Å². The summed E-state index contributed by atoms with van der Waals surface area (Å²) in [4.78, 5) is 28.8. The lowest BCUT2D eigenvalue weighted by atomic mass is 10.0. The van der Waals surface area contributed by atoms with E-state index < -0.39 is 5.97 Å². The maximum atomic E-state index is 12.5. The number of nitriles is 1. The zero-order chi connectivity index (χ0) is 21.4. The van der Waals surface area contributed by atoms with E-state index in [0.29, 0.717) is 10.7 Å². The lowest BCUT2D eigenvalue weighted by Gasteiger charge is -2.17. The average molecular weight is 412 g/mol. The number of hydrogen-bond donors (Lipinski definition) is 1. The Balaban J connectivity index is 2.07. The molecule has 0 spiro atoms. The molecule has 0 bridgehead atoms. The molecule has 2 aromatic rings. The number of nitrogens with zero attached hydrogens (tertiary/aromatic N) is 2. The highest BCUT2D eigenvalue weighted by atomic mass is 32.2. The Kier molecular flexibility index (Phi) is 8.22. The van der Waals surface area contributed by atoms with Crippen molar-refractivity contribution in [2.24, 2.45) is 0 Å². The van der Waals surface area contributed by atoms with Crippen LogP contribution >= 0.6 is 11.8 Å². The monoisotopic (exact) mass is 411 g/mol. The van der Waals surface area contributed by atoms with Crippen LogP contribution in [0.5, 0.6) is 0 Å². The van der Waals surface area contributed by atoms with Crippen molar-refractivity contribution >= 4 is 23.6 Å². The quantitative estimate of drug-likeness (QED) is 0.519. The summed E-state index contributed by atoms with van der Waals surface area (Å²) in [6.45, 7) is 7.69. The molecule has 1 heterocycles. The zero-order valence-electron chi connectivity index (χ0n) is 17.1. The van der Waals surface area contributed by atoms with Gasteiger partial charge in [-0.3, -0.25) is 4.79 Å². The van der Waals surface area contributed by atoms with Gasteiger partial charge >= 0.3 is 5.97 Å². The third-order valence-corrected chi connectivity index (χ3v) is 5.35. The summed E-state index contributed by atoms with van der Waals surface area (Å²) in [6, 6.07) is 11.5. The van der Waals surface area contributed by atoms with Gasteiger partial charge in [0.1, 0.15) is 11.1 Å². The van der Waals surface area contributed by atoms with E-state index in [2.05, 4.69) is 10.3 Å². The predicted molar refractivity (Wildman–Crippen MR) is 113 cm³/mol. The summed E-state index contributed by atoms with van der Waals surface area (Å²) < 4.78 is 4.99. The maximum absolute atomic E-state index is 12.5. The number of aromatic nitrogens is 1. The third kappa shape index (κ3) is 6.06. The van der Waals surface area contributed by atoms with Crippen molar-refractivity contribution < 1.29 is 14.3 Å². The van der Waals surface area contributed by atoms with Gasteiger partial charge in [0.05, 0.1) is 35.2 Å². The fourth-order valence-corrected chi connectivity index (χ4v) is 3.59. The van der Waals surface area contributed by atoms with Crippen LogP contribution in [0.4, 0.5) is 0 Å². The molecule has 1 amide bonds. The number of amides is 1. The van der Waals surface area contributed by atoms with E-state index in [1.54, 1.807) is 13.8 Å². The average Bonchev–Trinajstić information content (AvgIpc) is 2.71. The van der Waals surface area contributed by atoms with E-state index in [4.69, 9.17) is 4.74 Å². The van der Waals surface area contributed by atoms with Crippen LogP contribution in [0.1, 0.15) is 59.1 Å². The van der Waals surface area contributed by atoms with E-state index in [9.17, 15) is 14.9 Å². The van der Waals surface area contributed by atoms with Crippen molar-refractivity contribution in [1.82, 2.24) is 10.3 Å². The minimum absolute atomic E-state index is 0.0694. The van der Waals surface area contributed by atoms with E-state index in [-0.39, 0.29) is 35.4 Å². The van der Waals surface area contributed by atoms with E-state index in [1.165, 1.54) is 23.4 Å². The molecule has 0 radical (unpaired) electrons. The Morgan fingerprint density at radius 3 is 2.52 bits per heavy atom. The van der Waals surface area contributed by atoms with Gasteiger partial charge in [-0.05, 0) is 38.8 Å². The summed E-state index contributed by atoms with van der Waals surface area (Å²) >= 11 is 1.18. The molecule has 0 aliphatic heterocycles. The van der Waals surface area contributed by atoms with Crippen molar-refractivity contribution in [1.29, 1.82) is 5.26 Å². The highest BCUT2D eigenvalue weighted by Gasteiger charge is 2.18. The van der Waals surface area contributed by atoms with Crippen LogP contribution in [0.2, 0.25) is 0 Å². The van der Waals surface area contributed by atoms with Gasteiger partial charge in [-0.15, -0.1) is 0 Å². The fourth-order valence-electron chi connectivity index (χ4n) is 2.78. The minimum atomic E-state index is -0.507. The molecule has 0 aliphatic carbocycles. The van der Waals surface area contributed by atoms with Crippen molar-refractivity contribution in [2.45, 2.75) is 45.2 Å². The van der Waals surface area contributed by atoms with Crippen molar-refractivity contribution in [3.05, 3.63) is 58.3 Å². The zero-order valence-corrected chi connectivity index (χ0v) is 17.9. The van der Waals surface area contributed by atoms with E-state index >= 15 is 0 Å². The van der Waals surface area contributed by atoms with Gasteiger partial charge in [0.15, 0.2) is 0 Å². The first-order valence-electron chi connectivity index (χ1n) is 9.47. The first-order valence-corrected chi connectivity index (χ1v) is 10.5. The van der Waals surface area contributed by atoms with Crippen molar-refractivity contribution in [3.63, 3.8) is 0 Å². The molecule has 1 N–H and O–H groups in total. The molecule has 7 heteroatoms. The highest BCUT2D eigenvalue weighted by molar-refractivity contribution is 8.00. The maximum Gasteiger partial charge on any atom is 0.340 e. The number of thioether (sulfide) groups is 1. The van der Waals surface area contributed by atoms with Crippen LogP contribution in [0.3, 0.4) is 0 Å². The first-order chi connectivity index (χ1) is 13.9. The number of carbonyl (C=O) groups excluding carboxylic acids is 2. The Bertz CT molecular complexity index is 920. The molecule has 1 aromatic heterocycles. The van der Waals surface area contributed by atoms with Gasteiger partial charge in [-0.25, -0.2) is 9.78 Å². The number of esters is 1. The molecule has 0 saturated heterocycles. The summed E-state index contributed by atoms with van der Waals surface area (Å²) in [5.41, 5.74) is 3.21. The van der Waals surface area contributed by atoms with E-state index in [0.717, 1.165) is 12.0 Å². The number of rotatable bonds is 8. The topological polar surface area (TPSA) is 92.1 Å². The van der Waals surface area contributed by atoms with Gasteiger partial charge in [0.2, 0.25) is 5.91 Å². The second kappa shape index (κ2) is 10.6.